The number of carbonyl (C=O) groups is 1. The third kappa shape index (κ3) is 3.87. The van der Waals surface area contributed by atoms with Crippen LogP contribution in [0, 0.1) is 13.8 Å². The van der Waals surface area contributed by atoms with Crippen LogP contribution in [0.3, 0.4) is 0 Å². The van der Waals surface area contributed by atoms with Crippen LogP contribution in [0.2, 0.25) is 0 Å². The number of hydrogen-bond acceptors (Lipinski definition) is 4. The maximum absolute atomic E-state index is 11.2. The monoisotopic (exact) mass is 302 g/mol. The molecule has 0 spiro atoms. The molecule has 5 heteroatoms. The lowest BCUT2D eigenvalue weighted by Crippen LogP contribution is -2.12. The normalized spacial score (nSPS) is 10.7. The molecule has 1 aromatic heterocycles. The smallest absolute Gasteiger partial charge is 0.248 e. The first-order valence-corrected chi connectivity index (χ1v) is 7.49. The molecule has 0 aliphatic heterocycles. The van der Waals surface area contributed by atoms with Crippen LogP contribution in [-0.4, -0.2) is 17.7 Å². The van der Waals surface area contributed by atoms with Gasteiger partial charge in [0.2, 0.25) is 5.91 Å². The average Bonchev–Trinajstić information content (AvgIpc) is 2.93. The summed E-state index contributed by atoms with van der Waals surface area (Å²) in [5, 5.41) is 3.97. The van der Waals surface area contributed by atoms with Gasteiger partial charge in [-0.3, -0.25) is 4.79 Å². The summed E-state index contributed by atoms with van der Waals surface area (Å²) in [6.45, 7) is 6.46. The predicted molar refractivity (Wildman–Crippen MR) is 84.1 cm³/mol. The largest absolute Gasteiger partial charge is 0.493 e. The molecule has 0 radical (unpaired) electrons. The minimum absolute atomic E-state index is 0.421. The number of amides is 1. The van der Waals surface area contributed by atoms with E-state index in [1.54, 1.807) is 12.1 Å². The molecular formula is C17H22N2O3. The zero-order valence-electron chi connectivity index (χ0n) is 13.3. The van der Waals surface area contributed by atoms with Gasteiger partial charge in [-0.05, 0) is 49.9 Å². The molecule has 2 N–H and O–H groups in total. The summed E-state index contributed by atoms with van der Waals surface area (Å²) < 4.78 is 11.1. The van der Waals surface area contributed by atoms with E-state index >= 15 is 0 Å². The van der Waals surface area contributed by atoms with Gasteiger partial charge in [0.05, 0.1) is 12.3 Å². The van der Waals surface area contributed by atoms with E-state index in [0.29, 0.717) is 12.2 Å². The van der Waals surface area contributed by atoms with Gasteiger partial charge in [0, 0.05) is 18.1 Å². The van der Waals surface area contributed by atoms with E-state index in [4.69, 9.17) is 15.0 Å². The highest BCUT2D eigenvalue weighted by molar-refractivity contribution is 5.93. The minimum Gasteiger partial charge on any atom is -0.493 e. The van der Waals surface area contributed by atoms with E-state index in [1.807, 2.05) is 26.8 Å². The molecule has 0 bridgehead atoms. The van der Waals surface area contributed by atoms with Gasteiger partial charge < -0.3 is 15.0 Å². The maximum atomic E-state index is 11.2. The zero-order valence-corrected chi connectivity index (χ0v) is 13.3. The maximum Gasteiger partial charge on any atom is 0.248 e. The number of benzene rings is 1. The van der Waals surface area contributed by atoms with Gasteiger partial charge in [0.1, 0.15) is 11.5 Å². The highest BCUT2D eigenvalue weighted by Gasteiger charge is 2.10. The molecule has 1 aromatic carbocycles. The van der Waals surface area contributed by atoms with Crippen molar-refractivity contribution in [2.45, 2.75) is 40.0 Å². The molecule has 2 aromatic rings. The van der Waals surface area contributed by atoms with Crippen molar-refractivity contribution in [2.75, 3.05) is 6.61 Å². The van der Waals surface area contributed by atoms with Gasteiger partial charge >= 0.3 is 0 Å². The Morgan fingerprint density at radius 3 is 2.50 bits per heavy atom. The molecule has 1 heterocycles. The SMILES string of the molecule is CCc1cc(CCCOc2c(C)cc(C(N)=O)cc2C)on1. The summed E-state index contributed by atoms with van der Waals surface area (Å²) in [4.78, 5) is 11.2. The molecule has 0 saturated carbocycles. The van der Waals surface area contributed by atoms with Gasteiger partial charge in [-0.2, -0.15) is 0 Å². The number of rotatable bonds is 7. The first kappa shape index (κ1) is 16.1. The van der Waals surface area contributed by atoms with E-state index in [-0.39, 0.29) is 0 Å². The number of ether oxygens (including phenoxy) is 1. The third-order valence-corrected chi connectivity index (χ3v) is 3.53. The van der Waals surface area contributed by atoms with Gasteiger partial charge in [-0.15, -0.1) is 0 Å². The number of aromatic nitrogens is 1. The standard InChI is InChI=1S/C17H22N2O3/c1-4-14-10-15(22-19-14)6-5-7-21-16-11(2)8-13(17(18)20)9-12(16)3/h8-10H,4-7H2,1-3H3,(H2,18,20). The highest BCUT2D eigenvalue weighted by Crippen LogP contribution is 2.25. The van der Waals surface area contributed by atoms with E-state index < -0.39 is 5.91 Å². The Balaban J connectivity index is 1.90. The summed E-state index contributed by atoms with van der Waals surface area (Å²) in [7, 11) is 0. The molecule has 0 aliphatic carbocycles. The Morgan fingerprint density at radius 2 is 1.95 bits per heavy atom. The lowest BCUT2D eigenvalue weighted by molar-refractivity contribution is 0.1000. The number of carbonyl (C=O) groups excluding carboxylic acids is 1. The zero-order chi connectivity index (χ0) is 16.1. The number of nitrogens with two attached hydrogens (primary N) is 1. The molecule has 0 saturated heterocycles. The second-order valence-corrected chi connectivity index (χ2v) is 5.39. The molecule has 1 amide bonds. The number of nitrogens with zero attached hydrogens (tertiary/aromatic N) is 1. The molecule has 118 valence electrons. The van der Waals surface area contributed by atoms with Crippen molar-refractivity contribution in [2.24, 2.45) is 5.73 Å². The average molecular weight is 302 g/mol. The summed E-state index contributed by atoms with van der Waals surface area (Å²) in [6.07, 6.45) is 2.52. The predicted octanol–water partition coefficient (Wildman–Crippen LogP) is 2.96. The van der Waals surface area contributed by atoms with E-state index in [0.717, 1.165) is 47.6 Å². The summed E-state index contributed by atoms with van der Waals surface area (Å²) in [5.41, 5.74) is 8.63. The Morgan fingerprint density at radius 1 is 1.27 bits per heavy atom. The fourth-order valence-electron chi connectivity index (χ4n) is 2.38. The minimum atomic E-state index is -0.421. The quantitative estimate of drug-likeness (QED) is 0.798. The van der Waals surface area contributed by atoms with Crippen molar-refractivity contribution in [1.82, 2.24) is 5.16 Å². The molecule has 0 fully saturated rings. The van der Waals surface area contributed by atoms with Gasteiger partial charge in [0.15, 0.2) is 0 Å². The van der Waals surface area contributed by atoms with E-state index in [1.165, 1.54) is 0 Å². The fourth-order valence-corrected chi connectivity index (χ4v) is 2.38. The molecule has 0 aliphatic rings. The first-order valence-electron chi connectivity index (χ1n) is 7.49. The molecule has 5 nitrogen and oxygen atoms in total. The molecule has 0 unspecified atom stereocenters. The Labute approximate surface area is 130 Å². The van der Waals surface area contributed by atoms with Crippen LogP contribution in [-0.2, 0) is 12.8 Å². The van der Waals surface area contributed by atoms with Crippen molar-refractivity contribution in [3.05, 3.63) is 46.3 Å². The molecular weight excluding hydrogens is 280 g/mol. The Kier molecular flexibility index (Phi) is 5.20. The van der Waals surface area contributed by atoms with Crippen molar-refractivity contribution >= 4 is 5.91 Å². The molecule has 22 heavy (non-hydrogen) atoms. The van der Waals surface area contributed by atoms with Crippen LogP contribution in [0.15, 0.2) is 22.7 Å². The lowest BCUT2D eigenvalue weighted by Gasteiger charge is -2.13. The van der Waals surface area contributed by atoms with Crippen LogP contribution in [0.1, 0.15) is 46.3 Å². The fraction of sp³-hybridized carbons (Fsp3) is 0.412. The number of primary amides is 1. The van der Waals surface area contributed by atoms with Crippen LogP contribution in [0.4, 0.5) is 0 Å². The van der Waals surface area contributed by atoms with Crippen LogP contribution in [0.5, 0.6) is 5.75 Å². The van der Waals surface area contributed by atoms with Crippen LogP contribution in [0.25, 0.3) is 0 Å². The third-order valence-electron chi connectivity index (χ3n) is 3.53. The summed E-state index contributed by atoms with van der Waals surface area (Å²) >= 11 is 0. The van der Waals surface area contributed by atoms with Crippen LogP contribution >= 0.6 is 0 Å². The van der Waals surface area contributed by atoms with Crippen molar-refractivity contribution < 1.29 is 14.1 Å². The van der Waals surface area contributed by atoms with E-state index in [2.05, 4.69) is 5.16 Å². The second kappa shape index (κ2) is 7.11. The van der Waals surface area contributed by atoms with Crippen LogP contribution < -0.4 is 10.5 Å². The first-order chi connectivity index (χ1) is 10.5. The topological polar surface area (TPSA) is 78.4 Å². The lowest BCUT2D eigenvalue weighted by atomic mass is 10.1. The molecule has 0 atom stereocenters. The number of aryl methyl sites for hydroxylation is 4. The van der Waals surface area contributed by atoms with Crippen molar-refractivity contribution in [1.29, 1.82) is 0 Å². The van der Waals surface area contributed by atoms with Crippen molar-refractivity contribution in [3.63, 3.8) is 0 Å². The Hall–Kier alpha value is -2.30. The Bertz CT molecular complexity index is 639. The highest BCUT2D eigenvalue weighted by atomic mass is 16.5. The van der Waals surface area contributed by atoms with Gasteiger partial charge in [0.25, 0.3) is 0 Å². The summed E-state index contributed by atoms with van der Waals surface area (Å²) in [6, 6.07) is 5.50. The van der Waals surface area contributed by atoms with Gasteiger partial charge in [-0.1, -0.05) is 12.1 Å². The van der Waals surface area contributed by atoms with E-state index in [9.17, 15) is 4.79 Å². The second-order valence-electron chi connectivity index (χ2n) is 5.39. The molecule has 2 rings (SSSR count). The van der Waals surface area contributed by atoms with Gasteiger partial charge in [-0.25, -0.2) is 0 Å². The van der Waals surface area contributed by atoms with Crippen molar-refractivity contribution in [3.8, 4) is 5.75 Å². The summed E-state index contributed by atoms with van der Waals surface area (Å²) in [5.74, 6) is 1.28. The number of hydrogen-bond donors (Lipinski definition) is 1.